The first-order valence-corrected chi connectivity index (χ1v) is 11.4. The molecule has 0 unspecified atom stereocenters. The normalized spacial score (nSPS) is 23.3. The number of hydrogen-bond donors (Lipinski definition) is 1. The maximum Gasteiger partial charge on any atom is 0.253 e. The molecule has 2 aliphatic rings. The number of carbonyl (C=O) groups is 1. The summed E-state index contributed by atoms with van der Waals surface area (Å²) < 4.78 is 27.3. The molecule has 0 radical (unpaired) electrons. The molecule has 2 aliphatic heterocycles. The Morgan fingerprint density at radius 1 is 1.15 bits per heavy atom. The van der Waals surface area contributed by atoms with Crippen LogP contribution in [0.5, 0.6) is 0 Å². The molecule has 2 saturated heterocycles. The molecule has 6 nitrogen and oxygen atoms in total. The third-order valence-corrected chi connectivity index (χ3v) is 8.26. The van der Waals surface area contributed by atoms with Crippen molar-refractivity contribution in [2.75, 3.05) is 39.3 Å². The highest BCUT2D eigenvalue weighted by atomic mass is 32.2. The molecule has 1 N–H and O–H groups in total. The summed E-state index contributed by atoms with van der Waals surface area (Å²) >= 11 is 0. The molecule has 1 aromatic carbocycles. The molecule has 27 heavy (non-hydrogen) atoms. The molecule has 150 valence electrons. The zero-order valence-electron chi connectivity index (χ0n) is 16.6. The number of fused-ring (bicyclic) bond motifs is 1. The Bertz CT molecular complexity index is 776. The third kappa shape index (κ3) is 4.05. The molecule has 0 spiro atoms. The van der Waals surface area contributed by atoms with Crippen LogP contribution in [-0.2, 0) is 10.0 Å². The van der Waals surface area contributed by atoms with Crippen molar-refractivity contribution in [1.82, 2.24) is 14.5 Å². The van der Waals surface area contributed by atoms with E-state index < -0.39 is 10.0 Å². The van der Waals surface area contributed by atoms with Gasteiger partial charge in [-0.1, -0.05) is 19.9 Å². The smallest absolute Gasteiger partial charge is 0.253 e. The van der Waals surface area contributed by atoms with Crippen LogP contribution in [0, 0.1) is 18.8 Å². The average molecular weight is 394 g/mol. The van der Waals surface area contributed by atoms with E-state index in [-0.39, 0.29) is 10.8 Å². The topological polar surface area (TPSA) is 69.7 Å². The Kier molecular flexibility index (Phi) is 6.23. The van der Waals surface area contributed by atoms with Crippen LogP contribution < -0.4 is 5.32 Å². The fourth-order valence-electron chi connectivity index (χ4n) is 4.32. The van der Waals surface area contributed by atoms with Gasteiger partial charge >= 0.3 is 0 Å². The molecule has 7 heteroatoms. The van der Waals surface area contributed by atoms with Crippen LogP contribution in [-0.4, -0.2) is 62.8 Å². The minimum atomic E-state index is -3.58. The van der Waals surface area contributed by atoms with Crippen molar-refractivity contribution in [2.45, 2.75) is 38.5 Å². The Hall–Kier alpha value is -1.44. The first-order valence-electron chi connectivity index (χ1n) is 9.99. The zero-order chi connectivity index (χ0) is 19.6. The minimum Gasteiger partial charge on any atom is -0.339 e. The van der Waals surface area contributed by atoms with Crippen LogP contribution in [0.15, 0.2) is 23.1 Å². The van der Waals surface area contributed by atoms with E-state index in [4.69, 9.17) is 0 Å². The summed E-state index contributed by atoms with van der Waals surface area (Å²) in [7, 11) is -3.58. The number of amides is 1. The fraction of sp³-hybridized carbons (Fsp3) is 0.650. The van der Waals surface area contributed by atoms with Gasteiger partial charge in [-0.15, -0.1) is 0 Å². The molecule has 3 rings (SSSR count). The van der Waals surface area contributed by atoms with Crippen LogP contribution in [0.25, 0.3) is 0 Å². The third-order valence-electron chi connectivity index (χ3n) is 6.06. The molecule has 0 bridgehead atoms. The van der Waals surface area contributed by atoms with Crippen LogP contribution in [0.3, 0.4) is 0 Å². The van der Waals surface area contributed by atoms with Gasteiger partial charge < -0.3 is 10.2 Å². The van der Waals surface area contributed by atoms with Gasteiger partial charge in [0, 0.05) is 31.7 Å². The summed E-state index contributed by atoms with van der Waals surface area (Å²) in [5, 5.41) is 3.44. The van der Waals surface area contributed by atoms with Gasteiger partial charge in [-0.2, -0.15) is 4.31 Å². The molecule has 0 saturated carbocycles. The van der Waals surface area contributed by atoms with E-state index in [0.29, 0.717) is 36.1 Å². The molecule has 2 heterocycles. The molecule has 0 aliphatic carbocycles. The summed E-state index contributed by atoms with van der Waals surface area (Å²) in [5.41, 5.74) is 1.14. The minimum absolute atomic E-state index is 0.0565. The fourth-order valence-corrected chi connectivity index (χ4v) is 6.03. The number of hydrogen-bond acceptors (Lipinski definition) is 4. The van der Waals surface area contributed by atoms with Gasteiger partial charge in [-0.3, -0.25) is 4.79 Å². The molecular weight excluding hydrogens is 362 g/mol. The van der Waals surface area contributed by atoms with Crippen molar-refractivity contribution in [3.05, 3.63) is 29.3 Å². The number of aryl methyl sites for hydroxylation is 1. The van der Waals surface area contributed by atoms with Gasteiger partial charge in [-0.05, 0) is 62.4 Å². The van der Waals surface area contributed by atoms with Gasteiger partial charge in [0.15, 0.2) is 0 Å². The van der Waals surface area contributed by atoms with Crippen molar-refractivity contribution < 1.29 is 13.2 Å². The second-order valence-electron chi connectivity index (χ2n) is 7.62. The van der Waals surface area contributed by atoms with E-state index in [2.05, 4.69) is 5.32 Å². The van der Waals surface area contributed by atoms with Crippen LogP contribution >= 0.6 is 0 Å². The number of benzene rings is 1. The van der Waals surface area contributed by atoms with Crippen LogP contribution in [0.4, 0.5) is 0 Å². The van der Waals surface area contributed by atoms with E-state index in [1.54, 1.807) is 25.1 Å². The number of carbonyl (C=O) groups excluding carboxylic acids is 1. The highest BCUT2D eigenvalue weighted by molar-refractivity contribution is 7.89. The summed E-state index contributed by atoms with van der Waals surface area (Å²) in [4.78, 5) is 15.2. The van der Waals surface area contributed by atoms with E-state index in [1.807, 2.05) is 18.7 Å². The largest absolute Gasteiger partial charge is 0.339 e. The second-order valence-corrected chi connectivity index (χ2v) is 9.52. The molecule has 0 aromatic heterocycles. The first-order chi connectivity index (χ1) is 12.9. The van der Waals surface area contributed by atoms with E-state index in [9.17, 15) is 13.2 Å². The maximum atomic E-state index is 13.1. The highest BCUT2D eigenvalue weighted by Crippen LogP contribution is 2.28. The Labute approximate surface area is 163 Å². The van der Waals surface area contributed by atoms with Crippen molar-refractivity contribution in [1.29, 1.82) is 0 Å². The van der Waals surface area contributed by atoms with Gasteiger partial charge in [0.1, 0.15) is 0 Å². The molecule has 2 fully saturated rings. The highest BCUT2D eigenvalue weighted by Gasteiger charge is 2.32. The molecule has 2 atom stereocenters. The van der Waals surface area contributed by atoms with Crippen LogP contribution in [0.1, 0.15) is 42.6 Å². The monoisotopic (exact) mass is 393 g/mol. The van der Waals surface area contributed by atoms with E-state index in [1.165, 1.54) is 4.31 Å². The van der Waals surface area contributed by atoms with Crippen LogP contribution in [0.2, 0.25) is 0 Å². The SMILES string of the molecule is CCN(CC)S(=O)(=O)c1cc(C(=O)N2CC[C@@H]3CNC[C@@H]3CC2)ccc1C. The number of likely N-dealkylation sites (tertiary alicyclic amines) is 1. The summed E-state index contributed by atoms with van der Waals surface area (Å²) in [6.45, 7) is 9.85. The number of nitrogens with one attached hydrogen (secondary N) is 1. The van der Waals surface area contributed by atoms with Crippen molar-refractivity contribution >= 4 is 15.9 Å². The first kappa shape index (κ1) is 20.3. The van der Waals surface area contributed by atoms with Gasteiger partial charge in [0.05, 0.1) is 4.90 Å². The van der Waals surface area contributed by atoms with Gasteiger partial charge in [0.25, 0.3) is 5.91 Å². The second kappa shape index (κ2) is 8.29. The lowest BCUT2D eigenvalue weighted by atomic mass is 9.92. The molecular formula is C20H31N3O3S. The van der Waals surface area contributed by atoms with Crippen molar-refractivity contribution in [3.63, 3.8) is 0 Å². The zero-order valence-corrected chi connectivity index (χ0v) is 17.4. The summed E-state index contributed by atoms with van der Waals surface area (Å²) in [5.74, 6) is 1.25. The number of sulfonamides is 1. The Balaban J connectivity index is 1.84. The standard InChI is InChI=1S/C20H31N3O3S/c1-4-23(5-2)27(25,26)19-12-16(7-6-15(19)3)20(24)22-10-8-17-13-21-14-18(17)9-11-22/h6-7,12,17-18,21H,4-5,8-11,13-14H2,1-3H3/t17-,18+. The maximum absolute atomic E-state index is 13.1. The lowest BCUT2D eigenvalue weighted by Gasteiger charge is -2.23. The Morgan fingerprint density at radius 3 is 2.30 bits per heavy atom. The predicted molar refractivity (Wildman–Crippen MR) is 106 cm³/mol. The van der Waals surface area contributed by atoms with Crippen molar-refractivity contribution in [3.8, 4) is 0 Å². The van der Waals surface area contributed by atoms with Crippen molar-refractivity contribution in [2.24, 2.45) is 11.8 Å². The van der Waals surface area contributed by atoms with Gasteiger partial charge in [0.2, 0.25) is 10.0 Å². The molecule has 1 aromatic rings. The lowest BCUT2D eigenvalue weighted by Crippen LogP contribution is -2.34. The van der Waals surface area contributed by atoms with E-state index >= 15 is 0 Å². The summed E-state index contributed by atoms with van der Waals surface area (Å²) in [6.07, 6.45) is 2.03. The molecule has 1 amide bonds. The number of rotatable bonds is 5. The predicted octanol–water partition coefficient (Wildman–Crippen LogP) is 2.10. The van der Waals surface area contributed by atoms with Gasteiger partial charge in [-0.25, -0.2) is 8.42 Å². The van der Waals surface area contributed by atoms with E-state index in [0.717, 1.165) is 39.0 Å². The summed E-state index contributed by atoms with van der Waals surface area (Å²) in [6, 6.07) is 5.07. The quantitative estimate of drug-likeness (QED) is 0.832. The average Bonchev–Trinajstić information content (AvgIpc) is 3.00. The Morgan fingerprint density at radius 2 is 1.74 bits per heavy atom. The lowest BCUT2D eigenvalue weighted by molar-refractivity contribution is 0.0758. The number of nitrogens with zero attached hydrogens (tertiary/aromatic N) is 2.